The number of fused-ring (bicyclic) bond motifs is 1. The first-order chi connectivity index (χ1) is 13.7. The minimum absolute atomic E-state index is 0.171. The maximum atomic E-state index is 12.2. The van der Waals surface area contributed by atoms with E-state index in [1.807, 2.05) is 41.1 Å². The van der Waals surface area contributed by atoms with Crippen LogP contribution in [0.25, 0.3) is 0 Å². The molecule has 0 spiro atoms. The smallest absolute Gasteiger partial charge is 0.221 e. The van der Waals surface area contributed by atoms with Crippen molar-refractivity contribution >= 4 is 5.91 Å². The third kappa shape index (κ3) is 4.80. The molecule has 1 fully saturated rings. The zero-order valence-electron chi connectivity index (χ0n) is 16.4. The van der Waals surface area contributed by atoms with Crippen molar-refractivity contribution in [3.05, 3.63) is 53.3 Å². The molecule has 0 radical (unpaired) electrons. The zero-order valence-corrected chi connectivity index (χ0v) is 16.4. The monoisotopic (exact) mass is 382 g/mol. The van der Waals surface area contributed by atoms with Crippen LogP contribution in [0.3, 0.4) is 0 Å². The average molecular weight is 383 g/mol. The molecule has 1 aromatic carbocycles. The summed E-state index contributed by atoms with van der Waals surface area (Å²) in [4.78, 5) is 14.5. The summed E-state index contributed by atoms with van der Waals surface area (Å²) in [6, 6.07) is 12.4. The molecule has 0 bridgehead atoms. The topological polar surface area (TPSA) is 70.4 Å². The highest BCUT2D eigenvalue weighted by Gasteiger charge is 2.22. The van der Waals surface area contributed by atoms with Crippen molar-refractivity contribution in [2.45, 2.75) is 63.8 Å². The molecule has 1 amide bonds. The fourth-order valence-corrected chi connectivity index (χ4v) is 4.27. The van der Waals surface area contributed by atoms with Crippen LogP contribution >= 0.6 is 0 Å². The summed E-state index contributed by atoms with van der Waals surface area (Å²) in [6.07, 6.45) is 5.26. The van der Waals surface area contributed by atoms with Gasteiger partial charge in [-0.15, -0.1) is 0 Å². The van der Waals surface area contributed by atoms with Gasteiger partial charge in [0.25, 0.3) is 0 Å². The van der Waals surface area contributed by atoms with Gasteiger partial charge in [-0.05, 0) is 24.5 Å². The molecule has 28 heavy (non-hydrogen) atoms. The molecule has 2 aliphatic rings. The van der Waals surface area contributed by atoms with Crippen molar-refractivity contribution in [3.63, 3.8) is 0 Å². The lowest BCUT2D eigenvalue weighted by molar-refractivity contribution is -0.122. The molecule has 2 aromatic rings. The summed E-state index contributed by atoms with van der Waals surface area (Å²) in [5.41, 5.74) is 2.96. The van der Waals surface area contributed by atoms with Crippen molar-refractivity contribution in [3.8, 4) is 0 Å². The summed E-state index contributed by atoms with van der Waals surface area (Å²) in [7, 11) is 0. The van der Waals surface area contributed by atoms with Gasteiger partial charge in [0, 0.05) is 38.5 Å². The highest BCUT2D eigenvalue weighted by atomic mass is 16.3. The van der Waals surface area contributed by atoms with E-state index in [-0.39, 0.29) is 5.91 Å². The number of amides is 1. The predicted molar refractivity (Wildman–Crippen MR) is 108 cm³/mol. The van der Waals surface area contributed by atoms with Crippen LogP contribution in [0.5, 0.6) is 0 Å². The minimum Gasteiger partial charge on any atom is -0.386 e. The van der Waals surface area contributed by atoms with Crippen molar-refractivity contribution in [2.24, 2.45) is 0 Å². The summed E-state index contributed by atoms with van der Waals surface area (Å²) in [6.45, 7) is 3.24. The number of carbonyl (C=O) groups is 1. The van der Waals surface area contributed by atoms with Crippen molar-refractivity contribution < 1.29 is 9.90 Å². The number of hydrogen-bond acceptors (Lipinski definition) is 4. The lowest BCUT2D eigenvalue weighted by Gasteiger charge is -2.27. The quantitative estimate of drug-likeness (QED) is 0.772. The maximum Gasteiger partial charge on any atom is 0.221 e. The number of rotatable bonds is 7. The molecular weight excluding hydrogens is 352 g/mol. The Hall–Kier alpha value is -2.18. The first-order valence-corrected chi connectivity index (χ1v) is 10.5. The third-order valence-corrected chi connectivity index (χ3v) is 5.88. The molecule has 1 saturated carbocycles. The lowest BCUT2D eigenvalue weighted by Crippen LogP contribution is -2.38. The molecular formula is C22H30N4O2. The van der Waals surface area contributed by atoms with Gasteiger partial charge in [-0.1, -0.05) is 43.2 Å². The second-order valence-electron chi connectivity index (χ2n) is 8.06. The Balaban J connectivity index is 1.28. The standard InChI is InChI=1S/C22H30N4O2/c27-21(14-17-6-2-1-3-7-17)20-15-19-16-25(12-13-26(19)24-20)11-10-22(28)23-18-8-4-5-9-18/h1-3,6-7,15,18,21,27H,4-5,8-14,16H2,(H,23,28). The van der Waals surface area contributed by atoms with Crippen LogP contribution in [0.1, 0.15) is 55.2 Å². The summed E-state index contributed by atoms with van der Waals surface area (Å²) in [5.74, 6) is 0.171. The van der Waals surface area contributed by atoms with Crippen molar-refractivity contribution in [1.29, 1.82) is 0 Å². The molecule has 1 atom stereocenters. The first-order valence-electron chi connectivity index (χ1n) is 10.5. The number of benzene rings is 1. The van der Waals surface area contributed by atoms with E-state index < -0.39 is 6.10 Å². The number of nitrogens with one attached hydrogen (secondary N) is 1. The van der Waals surface area contributed by atoms with E-state index in [4.69, 9.17) is 0 Å². The fraction of sp³-hybridized carbons (Fsp3) is 0.545. The number of hydrogen-bond donors (Lipinski definition) is 2. The van der Waals surface area contributed by atoms with Crippen molar-refractivity contribution in [1.82, 2.24) is 20.0 Å². The molecule has 2 heterocycles. The number of carbonyl (C=O) groups excluding carboxylic acids is 1. The summed E-state index contributed by atoms with van der Waals surface area (Å²) in [5, 5.41) is 18.3. The Morgan fingerprint density at radius 1 is 1.21 bits per heavy atom. The molecule has 1 aliphatic carbocycles. The van der Waals surface area contributed by atoms with Gasteiger partial charge in [0.05, 0.1) is 17.9 Å². The molecule has 1 aliphatic heterocycles. The molecule has 6 heteroatoms. The Bertz CT molecular complexity index is 783. The maximum absolute atomic E-state index is 12.2. The molecule has 1 aromatic heterocycles. The van der Waals surface area contributed by atoms with Gasteiger partial charge >= 0.3 is 0 Å². The van der Waals surface area contributed by atoms with E-state index in [0.717, 1.165) is 56.0 Å². The molecule has 4 rings (SSSR count). The van der Waals surface area contributed by atoms with E-state index in [2.05, 4.69) is 15.3 Å². The van der Waals surface area contributed by atoms with Crippen LogP contribution in [0.4, 0.5) is 0 Å². The first kappa shape index (κ1) is 19.2. The minimum atomic E-state index is -0.592. The Morgan fingerprint density at radius 3 is 2.79 bits per heavy atom. The number of aliphatic hydroxyl groups excluding tert-OH is 1. The average Bonchev–Trinajstić information content (AvgIpc) is 3.36. The van der Waals surface area contributed by atoms with Crippen LogP contribution < -0.4 is 5.32 Å². The van der Waals surface area contributed by atoms with E-state index in [9.17, 15) is 9.90 Å². The Morgan fingerprint density at radius 2 is 2.00 bits per heavy atom. The van der Waals surface area contributed by atoms with Crippen LogP contribution in [0, 0.1) is 0 Å². The van der Waals surface area contributed by atoms with Crippen LogP contribution in [-0.4, -0.2) is 44.8 Å². The van der Waals surface area contributed by atoms with Gasteiger partial charge in [-0.2, -0.15) is 5.10 Å². The molecule has 2 N–H and O–H groups in total. The Kier molecular flexibility index (Phi) is 6.07. The van der Waals surface area contributed by atoms with Crippen LogP contribution in [0.15, 0.2) is 36.4 Å². The van der Waals surface area contributed by atoms with Gasteiger partial charge in [-0.3, -0.25) is 14.4 Å². The SMILES string of the molecule is O=C(CCN1CCn2nc(C(O)Cc3ccccc3)cc2C1)NC1CCCC1. The van der Waals surface area contributed by atoms with E-state index >= 15 is 0 Å². The third-order valence-electron chi connectivity index (χ3n) is 5.88. The molecule has 150 valence electrons. The second-order valence-corrected chi connectivity index (χ2v) is 8.06. The fourth-order valence-electron chi connectivity index (χ4n) is 4.27. The summed E-state index contributed by atoms with van der Waals surface area (Å²) >= 11 is 0. The summed E-state index contributed by atoms with van der Waals surface area (Å²) < 4.78 is 2.00. The number of aromatic nitrogens is 2. The normalized spacial score (nSPS) is 18.8. The van der Waals surface area contributed by atoms with Crippen molar-refractivity contribution in [2.75, 3.05) is 13.1 Å². The van der Waals surface area contributed by atoms with E-state index in [0.29, 0.717) is 18.9 Å². The largest absolute Gasteiger partial charge is 0.386 e. The van der Waals surface area contributed by atoms with Gasteiger partial charge in [-0.25, -0.2) is 0 Å². The molecule has 1 unspecified atom stereocenters. The highest BCUT2D eigenvalue weighted by Crippen LogP contribution is 2.21. The molecule has 0 saturated heterocycles. The highest BCUT2D eigenvalue weighted by molar-refractivity contribution is 5.76. The van der Waals surface area contributed by atoms with E-state index in [1.54, 1.807) is 0 Å². The zero-order chi connectivity index (χ0) is 19.3. The van der Waals surface area contributed by atoms with Gasteiger partial charge in [0.15, 0.2) is 0 Å². The van der Waals surface area contributed by atoms with Gasteiger partial charge in [0.2, 0.25) is 5.91 Å². The predicted octanol–water partition coefficient (Wildman–Crippen LogP) is 2.42. The van der Waals surface area contributed by atoms with Gasteiger partial charge < -0.3 is 10.4 Å². The van der Waals surface area contributed by atoms with Crippen LogP contribution in [0.2, 0.25) is 0 Å². The Labute approximate surface area is 166 Å². The van der Waals surface area contributed by atoms with E-state index in [1.165, 1.54) is 12.8 Å². The number of nitrogens with zero attached hydrogens (tertiary/aromatic N) is 3. The second kappa shape index (κ2) is 8.88. The number of aliphatic hydroxyl groups is 1. The lowest BCUT2D eigenvalue weighted by atomic mass is 10.1. The molecule has 6 nitrogen and oxygen atoms in total. The van der Waals surface area contributed by atoms with Crippen LogP contribution in [-0.2, 0) is 24.3 Å². The van der Waals surface area contributed by atoms with Gasteiger partial charge in [0.1, 0.15) is 6.10 Å².